The Kier molecular flexibility index (Phi) is 7.06. The number of ether oxygens (including phenoxy) is 2. The number of nitrogens with one attached hydrogen (secondary N) is 1. The number of carbonyl (C=O) groups is 1. The number of piperidine rings is 1. The standard InChI is InChI=1S/C18H27N3O5S/c22-18(26-13-8-16-4-2-1-3-5-16)19-17-6-9-20(10-7-17)27(23,24)21-11-14-25-15-12-21/h1-5,17H,6-15H2,(H,19,22). The van der Waals surface area contributed by atoms with E-state index in [0.29, 0.717) is 65.3 Å². The van der Waals surface area contributed by atoms with Gasteiger partial charge in [-0.05, 0) is 18.4 Å². The zero-order chi connectivity index (χ0) is 19.1. The van der Waals surface area contributed by atoms with Crippen LogP contribution in [0.15, 0.2) is 30.3 Å². The molecule has 27 heavy (non-hydrogen) atoms. The van der Waals surface area contributed by atoms with Crippen molar-refractivity contribution in [2.45, 2.75) is 25.3 Å². The normalized spacial score (nSPS) is 20.3. The maximum absolute atomic E-state index is 12.6. The number of alkyl carbamates (subject to hydrolysis) is 1. The van der Waals surface area contributed by atoms with Gasteiger partial charge in [0.05, 0.1) is 19.8 Å². The van der Waals surface area contributed by atoms with Crippen LogP contribution in [-0.2, 0) is 26.1 Å². The van der Waals surface area contributed by atoms with Crippen LogP contribution in [0, 0.1) is 0 Å². The quantitative estimate of drug-likeness (QED) is 0.774. The minimum atomic E-state index is -3.44. The van der Waals surface area contributed by atoms with Gasteiger partial charge in [0, 0.05) is 38.6 Å². The molecule has 3 rings (SSSR count). The molecule has 0 aliphatic carbocycles. The first kappa shape index (κ1) is 20.1. The topological polar surface area (TPSA) is 88.2 Å². The van der Waals surface area contributed by atoms with Crippen LogP contribution in [0.4, 0.5) is 4.79 Å². The summed E-state index contributed by atoms with van der Waals surface area (Å²) in [4.78, 5) is 11.9. The molecule has 1 N–H and O–H groups in total. The molecule has 9 heteroatoms. The molecule has 2 fully saturated rings. The first-order chi connectivity index (χ1) is 13.1. The number of rotatable bonds is 6. The molecule has 0 aromatic heterocycles. The summed E-state index contributed by atoms with van der Waals surface area (Å²) in [6.07, 6.45) is 1.39. The fraction of sp³-hybridized carbons (Fsp3) is 0.611. The molecule has 150 valence electrons. The number of carbonyl (C=O) groups excluding carboxylic acids is 1. The van der Waals surface area contributed by atoms with Gasteiger partial charge in [0.2, 0.25) is 0 Å². The van der Waals surface area contributed by atoms with Gasteiger partial charge in [0.1, 0.15) is 0 Å². The van der Waals surface area contributed by atoms with Gasteiger partial charge in [-0.2, -0.15) is 17.0 Å². The number of nitrogens with zero attached hydrogens (tertiary/aromatic N) is 2. The molecule has 2 aliphatic heterocycles. The molecule has 0 spiro atoms. The smallest absolute Gasteiger partial charge is 0.407 e. The Balaban J connectivity index is 1.38. The van der Waals surface area contributed by atoms with Crippen LogP contribution in [0.1, 0.15) is 18.4 Å². The third-order valence-electron chi connectivity index (χ3n) is 4.87. The van der Waals surface area contributed by atoms with Gasteiger partial charge in [-0.15, -0.1) is 0 Å². The van der Waals surface area contributed by atoms with E-state index in [4.69, 9.17) is 9.47 Å². The highest BCUT2D eigenvalue weighted by atomic mass is 32.2. The largest absolute Gasteiger partial charge is 0.449 e. The van der Waals surface area contributed by atoms with Crippen LogP contribution in [0.5, 0.6) is 0 Å². The van der Waals surface area contributed by atoms with Crippen LogP contribution in [-0.4, -0.2) is 75.2 Å². The first-order valence-electron chi connectivity index (χ1n) is 9.36. The third kappa shape index (κ3) is 5.65. The second-order valence-electron chi connectivity index (χ2n) is 6.71. The predicted molar refractivity (Wildman–Crippen MR) is 101 cm³/mol. The number of amides is 1. The molecule has 1 aromatic rings. The van der Waals surface area contributed by atoms with Crippen molar-refractivity contribution in [3.8, 4) is 0 Å². The minimum absolute atomic E-state index is 0.0645. The van der Waals surface area contributed by atoms with Crippen molar-refractivity contribution in [1.29, 1.82) is 0 Å². The molecule has 2 saturated heterocycles. The maximum Gasteiger partial charge on any atom is 0.407 e. The zero-order valence-corrected chi connectivity index (χ0v) is 16.2. The fourth-order valence-corrected chi connectivity index (χ4v) is 4.90. The van der Waals surface area contributed by atoms with E-state index in [1.807, 2.05) is 30.3 Å². The van der Waals surface area contributed by atoms with Gasteiger partial charge >= 0.3 is 6.09 Å². The SMILES string of the molecule is O=C(NC1CCN(S(=O)(=O)N2CCOCC2)CC1)OCCc1ccccc1. The average molecular weight is 397 g/mol. The summed E-state index contributed by atoms with van der Waals surface area (Å²) in [5, 5.41) is 2.84. The lowest BCUT2D eigenvalue weighted by Crippen LogP contribution is -2.53. The van der Waals surface area contributed by atoms with E-state index in [0.717, 1.165) is 5.56 Å². The molecule has 2 aliphatic rings. The van der Waals surface area contributed by atoms with Gasteiger partial charge in [0.25, 0.3) is 10.2 Å². The van der Waals surface area contributed by atoms with Crippen LogP contribution in [0.2, 0.25) is 0 Å². The maximum atomic E-state index is 12.6. The lowest BCUT2D eigenvalue weighted by molar-refractivity contribution is 0.0694. The highest BCUT2D eigenvalue weighted by Gasteiger charge is 2.34. The van der Waals surface area contributed by atoms with E-state index in [-0.39, 0.29) is 6.04 Å². The van der Waals surface area contributed by atoms with Crippen molar-refractivity contribution in [3.05, 3.63) is 35.9 Å². The summed E-state index contributed by atoms with van der Waals surface area (Å²) in [7, 11) is -3.44. The van der Waals surface area contributed by atoms with Crippen molar-refractivity contribution >= 4 is 16.3 Å². The van der Waals surface area contributed by atoms with E-state index in [2.05, 4.69) is 5.32 Å². The predicted octanol–water partition coefficient (Wildman–Crippen LogP) is 0.997. The van der Waals surface area contributed by atoms with Gasteiger partial charge in [-0.3, -0.25) is 0 Å². The Labute approximate surface area is 160 Å². The van der Waals surface area contributed by atoms with Crippen LogP contribution in [0.25, 0.3) is 0 Å². The number of hydrogen-bond acceptors (Lipinski definition) is 5. The summed E-state index contributed by atoms with van der Waals surface area (Å²) >= 11 is 0. The second kappa shape index (κ2) is 9.50. The van der Waals surface area contributed by atoms with Gasteiger partial charge in [-0.25, -0.2) is 4.79 Å². The second-order valence-corrected chi connectivity index (χ2v) is 8.64. The van der Waals surface area contributed by atoms with Crippen molar-refractivity contribution in [1.82, 2.24) is 13.9 Å². The number of morpholine rings is 1. The van der Waals surface area contributed by atoms with Gasteiger partial charge in [-0.1, -0.05) is 30.3 Å². The van der Waals surface area contributed by atoms with Crippen molar-refractivity contribution in [2.24, 2.45) is 0 Å². The van der Waals surface area contributed by atoms with Crippen molar-refractivity contribution in [3.63, 3.8) is 0 Å². The highest BCUT2D eigenvalue weighted by molar-refractivity contribution is 7.86. The van der Waals surface area contributed by atoms with Crippen LogP contribution < -0.4 is 5.32 Å². The van der Waals surface area contributed by atoms with E-state index < -0.39 is 16.3 Å². The van der Waals surface area contributed by atoms with E-state index in [1.54, 1.807) is 0 Å². The molecule has 0 radical (unpaired) electrons. The lowest BCUT2D eigenvalue weighted by atomic mass is 10.1. The molecule has 1 aromatic carbocycles. The average Bonchev–Trinajstić information content (AvgIpc) is 2.70. The summed E-state index contributed by atoms with van der Waals surface area (Å²) in [6, 6.07) is 9.77. The van der Waals surface area contributed by atoms with E-state index in [9.17, 15) is 13.2 Å². The fourth-order valence-electron chi connectivity index (χ4n) is 3.29. The van der Waals surface area contributed by atoms with E-state index in [1.165, 1.54) is 8.61 Å². The molecule has 0 unspecified atom stereocenters. The Bertz CT molecular complexity index is 699. The van der Waals surface area contributed by atoms with Gasteiger partial charge in [0.15, 0.2) is 0 Å². The van der Waals surface area contributed by atoms with Crippen molar-refractivity contribution < 1.29 is 22.7 Å². The molecule has 0 atom stereocenters. The Hall–Kier alpha value is -1.68. The summed E-state index contributed by atoms with van der Waals surface area (Å²) < 4.78 is 38.7. The molecule has 8 nitrogen and oxygen atoms in total. The molecule has 0 bridgehead atoms. The first-order valence-corrected chi connectivity index (χ1v) is 10.8. The Morgan fingerprint density at radius 1 is 1.07 bits per heavy atom. The molecule has 1 amide bonds. The minimum Gasteiger partial charge on any atom is -0.449 e. The molecular weight excluding hydrogens is 370 g/mol. The monoisotopic (exact) mass is 397 g/mol. The van der Waals surface area contributed by atoms with Crippen molar-refractivity contribution in [2.75, 3.05) is 46.0 Å². The zero-order valence-electron chi connectivity index (χ0n) is 15.4. The lowest BCUT2D eigenvalue weighted by Gasteiger charge is -2.36. The summed E-state index contributed by atoms with van der Waals surface area (Å²) in [5.74, 6) is 0. The highest BCUT2D eigenvalue weighted by Crippen LogP contribution is 2.18. The van der Waals surface area contributed by atoms with Gasteiger partial charge < -0.3 is 14.8 Å². The Morgan fingerprint density at radius 2 is 1.70 bits per heavy atom. The summed E-state index contributed by atoms with van der Waals surface area (Å²) in [5.41, 5.74) is 1.12. The Morgan fingerprint density at radius 3 is 2.37 bits per heavy atom. The van der Waals surface area contributed by atoms with E-state index >= 15 is 0 Å². The molecule has 2 heterocycles. The van der Waals surface area contributed by atoms with Crippen LogP contribution >= 0.6 is 0 Å². The number of hydrogen-bond donors (Lipinski definition) is 1. The number of benzene rings is 1. The molecular formula is C18H27N3O5S. The third-order valence-corrected chi connectivity index (χ3v) is 6.90. The van der Waals surface area contributed by atoms with Crippen LogP contribution in [0.3, 0.4) is 0 Å². The molecule has 0 saturated carbocycles. The summed E-state index contributed by atoms with van der Waals surface area (Å²) in [6.45, 7) is 2.78.